The molecule has 1 heterocycles. The molecule has 1 aromatic carbocycles. The summed E-state index contributed by atoms with van der Waals surface area (Å²) < 4.78 is 37.0. The Hall–Kier alpha value is -2.22. The molecule has 0 bridgehead atoms. The average Bonchev–Trinajstić information content (AvgIpc) is 2.96. The molecule has 0 aliphatic carbocycles. The summed E-state index contributed by atoms with van der Waals surface area (Å²) in [5.41, 5.74) is 2.32. The molecule has 0 radical (unpaired) electrons. The van der Waals surface area contributed by atoms with E-state index in [2.05, 4.69) is 26.7 Å². The van der Waals surface area contributed by atoms with Crippen LogP contribution in [-0.2, 0) is 6.42 Å². The summed E-state index contributed by atoms with van der Waals surface area (Å²) >= 11 is 0. The van der Waals surface area contributed by atoms with E-state index in [1.54, 1.807) is 0 Å². The van der Waals surface area contributed by atoms with Crippen LogP contribution in [0.5, 0.6) is 0 Å². The van der Waals surface area contributed by atoms with Crippen LogP contribution in [0, 0.1) is 0 Å². The molecule has 144 valence electrons. The first-order valence-corrected chi connectivity index (χ1v) is 8.71. The lowest BCUT2D eigenvalue weighted by Gasteiger charge is -2.17. The number of hydrogen-bond donors (Lipinski definition) is 3. The van der Waals surface area contributed by atoms with Crippen molar-refractivity contribution in [2.75, 3.05) is 39.8 Å². The number of halogens is 3. The quantitative estimate of drug-likeness (QED) is 0.495. The fourth-order valence-corrected chi connectivity index (χ4v) is 2.71. The molecule has 2 aromatic rings. The summed E-state index contributed by atoms with van der Waals surface area (Å²) in [5, 5.41) is 7.54. The minimum absolute atomic E-state index is 0.249. The Morgan fingerprint density at radius 3 is 2.73 bits per heavy atom. The highest BCUT2D eigenvalue weighted by Crippen LogP contribution is 2.17. The Morgan fingerprint density at radius 2 is 2.00 bits per heavy atom. The molecule has 0 aliphatic rings. The molecule has 26 heavy (non-hydrogen) atoms. The van der Waals surface area contributed by atoms with Crippen molar-refractivity contribution in [1.29, 1.82) is 0 Å². The predicted molar refractivity (Wildman–Crippen MR) is 99.5 cm³/mol. The SMILES string of the molecule is CCNC(=NCCN(C)CC(F)(F)F)NCCc1c[nH]c2ccccc12. The number of aromatic nitrogens is 1. The van der Waals surface area contributed by atoms with Gasteiger partial charge in [-0.05, 0) is 32.0 Å². The lowest BCUT2D eigenvalue weighted by molar-refractivity contribution is -0.142. The van der Waals surface area contributed by atoms with E-state index < -0.39 is 12.7 Å². The number of benzene rings is 1. The van der Waals surface area contributed by atoms with Crippen LogP contribution in [0.2, 0.25) is 0 Å². The van der Waals surface area contributed by atoms with Gasteiger partial charge in [0.15, 0.2) is 5.96 Å². The van der Waals surface area contributed by atoms with Gasteiger partial charge in [0.1, 0.15) is 0 Å². The Labute approximate surface area is 151 Å². The second kappa shape index (κ2) is 9.47. The van der Waals surface area contributed by atoms with E-state index in [-0.39, 0.29) is 6.54 Å². The third-order valence-corrected chi connectivity index (χ3v) is 3.91. The normalized spacial score (nSPS) is 12.8. The molecule has 3 N–H and O–H groups in total. The van der Waals surface area contributed by atoms with Gasteiger partial charge in [-0.15, -0.1) is 0 Å². The van der Waals surface area contributed by atoms with E-state index in [0.717, 1.165) is 11.9 Å². The molecular formula is C18H26F3N5. The van der Waals surface area contributed by atoms with Gasteiger partial charge in [-0.1, -0.05) is 18.2 Å². The van der Waals surface area contributed by atoms with Crippen LogP contribution in [-0.4, -0.2) is 61.8 Å². The molecule has 0 amide bonds. The number of aliphatic imine (C=N–C) groups is 1. The lowest BCUT2D eigenvalue weighted by Crippen LogP contribution is -2.39. The van der Waals surface area contributed by atoms with Crippen LogP contribution in [0.1, 0.15) is 12.5 Å². The molecule has 8 heteroatoms. The Morgan fingerprint density at radius 1 is 1.23 bits per heavy atom. The minimum Gasteiger partial charge on any atom is -0.361 e. The second-order valence-electron chi connectivity index (χ2n) is 6.15. The van der Waals surface area contributed by atoms with Crippen LogP contribution in [0.3, 0.4) is 0 Å². The van der Waals surface area contributed by atoms with Gasteiger partial charge in [0.05, 0.1) is 13.1 Å². The average molecular weight is 369 g/mol. The molecule has 0 fully saturated rings. The molecular weight excluding hydrogens is 343 g/mol. The molecule has 0 unspecified atom stereocenters. The summed E-state index contributed by atoms with van der Waals surface area (Å²) in [6.07, 6.45) is -1.36. The highest BCUT2D eigenvalue weighted by atomic mass is 19.4. The molecule has 0 aliphatic heterocycles. The van der Waals surface area contributed by atoms with Crippen molar-refractivity contribution >= 4 is 16.9 Å². The molecule has 2 rings (SSSR count). The maximum atomic E-state index is 12.3. The first-order chi connectivity index (χ1) is 12.4. The maximum absolute atomic E-state index is 12.3. The number of para-hydroxylation sites is 1. The number of nitrogens with zero attached hydrogens (tertiary/aromatic N) is 2. The topological polar surface area (TPSA) is 55.5 Å². The third kappa shape index (κ3) is 6.59. The number of rotatable bonds is 8. The van der Waals surface area contributed by atoms with E-state index >= 15 is 0 Å². The van der Waals surface area contributed by atoms with Crippen LogP contribution in [0.25, 0.3) is 10.9 Å². The van der Waals surface area contributed by atoms with Gasteiger partial charge in [0.25, 0.3) is 0 Å². The number of fused-ring (bicyclic) bond motifs is 1. The van der Waals surface area contributed by atoms with Crippen molar-refractivity contribution in [3.63, 3.8) is 0 Å². The van der Waals surface area contributed by atoms with Gasteiger partial charge < -0.3 is 15.6 Å². The molecule has 0 spiro atoms. The molecule has 0 saturated carbocycles. The first kappa shape index (κ1) is 20.1. The Kier molecular flexibility index (Phi) is 7.32. The van der Waals surface area contributed by atoms with Gasteiger partial charge >= 0.3 is 6.18 Å². The summed E-state index contributed by atoms with van der Waals surface area (Å²) in [6.45, 7) is 2.95. The predicted octanol–water partition coefficient (Wildman–Crippen LogP) is 2.76. The van der Waals surface area contributed by atoms with Crippen molar-refractivity contribution in [2.45, 2.75) is 19.5 Å². The maximum Gasteiger partial charge on any atom is 0.401 e. The fourth-order valence-electron chi connectivity index (χ4n) is 2.71. The van der Waals surface area contributed by atoms with E-state index in [9.17, 15) is 13.2 Å². The van der Waals surface area contributed by atoms with Gasteiger partial charge in [-0.25, -0.2) is 0 Å². The van der Waals surface area contributed by atoms with E-state index in [4.69, 9.17) is 0 Å². The minimum atomic E-state index is -4.18. The number of nitrogens with one attached hydrogen (secondary N) is 3. The highest BCUT2D eigenvalue weighted by Gasteiger charge is 2.28. The summed E-state index contributed by atoms with van der Waals surface area (Å²) in [5.74, 6) is 0.618. The van der Waals surface area contributed by atoms with Crippen LogP contribution in [0.15, 0.2) is 35.5 Å². The lowest BCUT2D eigenvalue weighted by atomic mass is 10.1. The summed E-state index contributed by atoms with van der Waals surface area (Å²) in [7, 11) is 1.44. The van der Waals surface area contributed by atoms with Gasteiger partial charge in [0.2, 0.25) is 0 Å². The highest BCUT2D eigenvalue weighted by molar-refractivity contribution is 5.83. The van der Waals surface area contributed by atoms with Gasteiger partial charge in [-0.3, -0.25) is 9.89 Å². The fraction of sp³-hybridized carbons (Fsp3) is 0.500. The Bertz CT molecular complexity index is 708. The summed E-state index contributed by atoms with van der Waals surface area (Å²) in [6, 6.07) is 8.12. The molecule has 0 atom stereocenters. The van der Waals surface area contributed by atoms with E-state index in [1.807, 2.05) is 31.3 Å². The number of likely N-dealkylation sites (N-methyl/N-ethyl adjacent to an activating group) is 1. The van der Waals surface area contributed by atoms with Crippen LogP contribution < -0.4 is 10.6 Å². The second-order valence-corrected chi connectivity index (χ2v) is 6.15. The van der Waals surface area contributed by atoms with Crippen molar-refractivity contribution in [3.8, 4) is 0 Å². The first-order valence-electron chi connectivity index (χ1n) is 8.71. The monoisotopic (exact) mass is 369 g/mol. The number of H-pyrrole nitrogens is 1. The van der Waals surface area contributed by atoms with E-state index in [1.165, 1.54) is 22.9 Å². The number of alkyl halides is 3. The zero-order valence-corrected chi connectivity index (χ0v) is 15.2. The largest absolute Gasteiger partial charge is 0.401 e. The van der Waals surface area contributed by atoms with Crippen molar-refractivity contribution < 1.29 is 13.2 Å². The van der Waals surface area contributed by atoms with Crippen LogP contribution in [0.4, 0.5) is 13.2 Å². The Balaban J connectivity index is 1.81. The zero-order valence-electron chi connectivity index (χ0n) is 15.2. The van der Waals surface area contributed by atoms with Crippen molar-refractivity contribution in [2.24, 2.45) is 4.99 Å². The zero-order chi connectivity index (χ0) is 19.0. The van der Waals surface area contributed by atoms with Gasteiger partial charge in [0, 0.05) is 36.7 Å². The van der Waals surface area contributed by atoms with Gasteiger partial charge in [-0.2, -0.15) is 13.2 Å². The standard InChI is InChI=1S/C18H26F3N5/c1-3-22-17(24-10-11-26(2)13-18(19,20)21)23-9-8-14-12-25-16-7-5-4-6-15(14)16/h4-7,12,25H,3,8-11,13H2,1-2H3,(H2,22,23,24). The smallest absolute Gasteiger partial charge is 0.361 e. The third-order valence-electron chi connectivity index (χ3n) is 3.91. The van der Waals surface area contributed by atoms with Crippen molar-refractivity contribution in [3.05, 3.63) is 36.0 Å². The van der Waals surface area contributed by atoms with Crippen molar-refractivity contribution in [1.82, 2.24) is 20.5 Å². The summed E-state index contributed by atoms with van der Waals surface area (Å²) in [4.78, 5) is 8.81. The molecule has 1 aromatic heterocycles. The number of guanidine groups is 1. The van der Waals surface area contributed by atoms with Crippen LogP contribution >= 0.6 is 0 Å². The van der Waals surface area contributed by atoms with E-state index in [0.29, 0.717) is 25.6 Å². The molecule has 0 saturated heterocycles. The molecule has 5 nitrogen and oxygen atoms in total. The number of hydrogen-bond acceptors (Lipinski definition) is 2. The number of aromatic amines is 1.